The van der Waals surface area contributed by atoms with Gasteiger partial charge in [0.05, 0.1) is 0 Å². The van der Waals surface area contributed by atoms with Crippen molar-refractivity contribution in [1.29, 1.82) is 0 Å². The van der Waals surface area contributed by atoms with Gasteiger partial charge in [0, 0.05) is 17.6 Å². The SMILES string of the molecule is OCCCCCCNCC(O)COc1ccc(Br)cc1. The summed E-state index contributed by atoms with van der Waals surface area (Å²) in [7, 11) is 0. The first kappa shape index (κ1) is 17.4. The second-order valence-corrected chi connectivity index (χ2v) is 5.68. The summed E-state index contributed by atoms with van der Waals surface area (Å²) >= 11 is 3.36. The fourth-order valence-corrected chi connectivity index (χ4v) is 2.03. The summed E-state index contributed by atoms with van der Waals surface area (Å²) in [5.41, 5.74) is 0. The molecule has 3 N–H and O–H groups in total. The van der Waals surface area contributed by atoms with Gasteiger partial charge >= 0.3 is 0 Å². The topological polar surface area (TPSA) is 61.7 Å². The quantitative estimate of drug-likeness (QED) is 0.538. The second-order valence-electron chi connectivity index (χ2n) is 4.76. The fourth-order valence-electron chi connectivity index (χ4n) is 1.77. The van der Waals surface area contributed by atoms with Crippen LogP contribution in [0.4, 0.5) is 0 Å². The van der Waals surface area contributed by atoms with Crippen molar-refractivity contribution in [1.82, 2.24) is 5.32 Å². The number of hydrogen-bond donors (Lipinski definition) is 3. The van der Waals surface area contributed by atoms with E-state index in [9.17, 15) is 5.11 Å². The van der Waals surface area contributed by atoms with E-state index in [-0.39, 0.29) is 6.61 Å². The van der Waals surface area contributed by atoms with Crippen LogP contribution in [0.3, 0.4) is 0 Å². The van der Waals surface area contributed by atoms with Crippen LogP contribution in [0.2, 0.25) is 0 Å². The molecule has 4 nitrogen and oxygen atoms in total. The van der Waals surface area contributed by atoms with Crippen molar-refractivity contribution in [2.24, 2.45) is 0 Å². The third-order valence-corrected chi connectivity index (χ3v) is 3.43. The Kier molecular flexibility index (Phi) is 9.66. The van der Waals surface area contributed by atoms with Crippen molar-refractivity contribution in [3.8, 4) is 5.75 Å². The standard InChI is InChI=1S/C15H24BrNO3/c16-13-5-7-15(8-6-13)20-12-14(19)11-17-9-3-1-2-4-10-18/h5-8,14,17-19H,1-4,9-12H2. The molecule has 114 valence electrons. The normalized spacial score (nSPS) is 12.3. The highest BCUT2D eigenvalue weighted by Crippen LogP contribution is 2.16. The van der Waals surface area contributed by atoms with Crippen molar-refractivity contribution in [3.05, 3.63) is 28.7 Å². The van der Waals surface area contributed by atoms with Crippen LogP contribution in [0.5, 0.6) is 5.75 Å². The third-order valence-electron chi connectivity index (χ3n) is 2.90. The molecule has 1 aromatic rings. The Morgan fingerprint density at radius 3 is 2.50 bits per heavy atom. The van der Waals surface area contributed by atoms with E-state index in [4.69, 9.17) is 9.84 Å². The summed E-state index contributed by atoms with van der Waals surface area (Å²) in [4.78, 5) is 0. The van der Waals surface area contributed by atoms with Gasteiger partial charge in [-0.05, 0) is 43.7 Å². The molecule has 0 aromatic heterocycles. The maximum atomic E-state index is 9.78. The zero-order valence-corrected chi connectivity index (χ0v) is 13.3. The van der Waals surface area contributed by atoms with Crippen molar-refractivity contribution in [3.63, 3.8) is 0 Å². The Labute approximate surface area is 129 Å². The van der Waals surface area contributed by atoms with Gasteiger partial charge in [0.1, 0.15) is 18.5 Å². The minimum atomic E-state index is -0.504. The number of unbranched alkanes of at least 4 members (excludes halogenated alkanes) is 3. The van der Waals surface area contributed by atoms with Crippen molar-refractivity contribution in [2.75, 3.05) is 26.3 Å². The predicted octanol–water partition coefficient (Wildman–Crippen LogP) is 2.33. The smallest absolute Gasteiger partial charge is 0.119 e. The molecule has 0 saturated heterocycles. The largest absolute Gasteiger partial charge is 0.491 e. The molecule has 0 saturated carbocycles. The molecule has 0 aliphatic carbocycles. The second kappa shape index (κ2) is 11.1. The molecular formula is C15H24BrNO3. The molecule has 0 aliphatic rings. The average molecular weight is 346 g/mol. The zero-order chi connectivity index (χ0) is 14.6. The number of halogens is 1. The molecule has 0 aliphatic heterocycles. The summed E-state index contributed by atoms with van der Waals surface area (Å²) in [5, 5.41) is 21.6. The van der Waals surface area contributed by atoms with E-state index >= 15 is 0 Å². The Bertz CT molecular complexity index is 345. The van der Waals surface area contributed by atoms with Gasteiger partial charge in [-0.25, -0.2) is 0 Å². The van der Waals surface area contributed by atoms with Crippen LogP contribution in [0, 0.1) is 0 Å². The molecule has 0 spiro atoms. The number of aliphatic hydroxyl groups is 2. The Hall–Kier alpha value is -0.620. The molecule has 0 bridgehead atoms. The number of aliphatic hydroxyl groups excluding tert-OH is 2. The van der Waals surface area contributed by atoms with Gasteiger partial charge in [-0.3, -0.25) is 0 Å². The molecular weight excluding hydrogens is 322 g/mol. The van der Waals surface area contributed by atoms with Gasteiger partial charge in [-0.2, -0.15) is 0 Å². The highest BCUT2D eigenvalue weighted by atomic mass is 79.9. The average Bonchev–Trinajstić information content (AvgIpc) is 2.46. The first-order valence-corrected chi connectivity index (χ1v) is 7.89. The maximum absolute atomic E-state index is 9.78. The molecule has 0 amide bonds. The van der Waals surface area contributed by atoms with Crippen LogP contribution >= 0.6 is 15.9 Å². The first-order valence-electron chi connectivity index (χ1n) is 7.10. The van der Waals surface area contributed by atoms with Crippen molar-refractivity contribution < 1.29 is 14.9 Å². The minimum absolute atomic E-state index is 0.277. The van der Waals surface area contributed by atoms with E-state index in [1.54, 1.807) is 0 Å². The number of benzene rings is 1. The lowest BCUT2D eigenvalue weighted by Gasteiger charge is -2.13. The fraction of sp³-hybridized carbons (Fsp3) is 0.600. The summed E-state index contributed by atoms with van der Waals surface area (Å²) < 4.78 is 6.50. The molecule has 0 fully saturated rings. The Balaban J connectivity index is 2.00. The van der Waals surface area contributed by atoms with Gasteiger partial charge in [-0.1, -0.05) is 28.8 Å². The monoisotopic (exact) mass is 345 g/mol. The van der Waals surface area contributed by atoms with Gasteiger partial charge in [0.2, 0.25) is 0 Å². The van der Waals surface area contributed by atoms with Crippen LogP contribution < -0.4 is 10.1 Å². The van der Waals surface area contributed by atoms with Crippen LogP contribution in [0.15, 0.2) is 28.7 Å². The minimum Gasteiger partial charge on any atom is -0.491 e. The van der Waals surface area contributed by atoms with Crippen molar-refractivity contribution in [2.45, 2.75) is 31.8 Å². The number of hydrogen-bond acceptors (Lipinski definition) is 4. The van der Waals surface area contributed by atoms with E-state index in [0.717, 1.165) is 42.5 Å². The Morgan fingerprint density at radius 2 is 1.80 bits per heavy atom. The lowest BCUT2D eigenvalue weighted by atomic mass is 10.2. The van der Waals surface area contributed by atoms with Crippen LogP contribution in [-0.2, 0) is 0 Å². The molecule has 1 unspecified atom stereocenters. The maximum Gasteiger partial charge on any atom is 0.119 e. The summed E-state index contributed by atoms with van der Waals surface area (Å²) in [6.07, 6.45) is 3.62. The highest BCUT2D eigenvalue weighted by Gasteiger charge is 2.04. The van der Waals surface area contributed by atoms with E-state index < -0.39 is 6.10 Å². The van der Waals surface area contributed by atoms with E-state index in [1.807, 2.05) is 24.3 Å². The van der Waals surface area contributed by atoms with Crippen LogP contribution in [-0.4, -0.2) is 42.6 Å². The molecule has 1 rings (SSSR count). The van der Waals surface area contributed by atoms with Crippen LogP contribution in [0.1, 0.15) is 25.7 Å². The summed E-state index contributed by atoms with van der Waals surface area (Å²) in [6, 6.07) is 7.55. The third kappa shape index (κ3) is 8.53. The van der Waals surface area contributed by atoms with Gasteiger partial charge in [-0.15, -0.1) is 0 Å². The number of ether oxygens (including phenoxy) is 1. The lowest BCUT2D eigenvalue weighted by Crippen LogP contribution is -2.32. The molecule has 5 heteroatoms. The zero-order valence-electron chi connectivity index (χ0n) is 11.7. The molecule has 20 heavy (non-hydrogen) atoms. The van der Waals surface area contributed by atoms with E-state index in [1.165, 1.54) is 0 Å². The van der Waals surface area contributed by atoms with E-state index in [0.29, 0.717) is 13.2 Å². The molecule has 0 heterocycles. The van der Waals surface area contributed by atoms with Gasteiger partial charge in [0.15, 0.2) is 0 Å². The van der Waals surface area contributed by atoms with Gasteiger partial charge < -0.3 is 20.3 Å². The molecule has 0 radical (unpaired) electrons. The first-order chi connectivity index (χ1) is 9.72. The molecule has 1 atom stereocenters. The number of nitrogens with one attached hydrogen (secondary N) is 1. The van der Waals surface area contributed by atoms with E-state index in [2.05, 4.69) is 21.2 Å². The number of rotatable bonds is 11. The molecule has 1 aromatic carbocycles. The van der Waals surface area contributed by atoms with Crippen molar-refractivity contribution >= 4 is 15.9 Å². The van der Waals surface area contributed by atoms with Gasteiger partial charge in [0.25, 0.3) is 0 Å². The predicted molar refractivity (Wildman–Crippen MR) is 84.1 cm³/mol. The highest BCUT2D eigenvalue weighted by molar-refractivity contribution is 9.10. The van der Waals surface area contributed by atoms with Crippen LogP contribution in [0.25, 0.3) is 0 Å². The summed E-state index contributed by atoms with van der Waals surface area (Å²) in [6.45, 7) is 2.00. The Morgan fingerprint density at radius 1 is 1.10 bits per heavy atom. The lowest BCUT2D eigenvalue weighted by molar-refractivity contribution is 0.106. The summed E-state index contributed by atoms with van der Waals surface area (Å²) in [5.74, 6) is 0.760.